The Morgan fingerprint density at radius 1 is 1.27 bits per heavy atom. The molecule has 0 fully saturated rings. The highest BCUT2D eigenvalue weighted by Crippen LogP contribution is 2.31. The van der Waals surface area contributed by atoms with E-state index in [1.807, 2.05) is 18.2 Å². The van der Waals surface area contributed by atoms with Crippen LogP contribution in [0.5, 0.6) is 0 Å². The lowest BCUT2D eigenvalue weighted by molar-refractivity contribution is 0.123. The molecule has 0 heterocycles. The van der Waals surface area contributed by atoms with Gasteiger partial charge in [0.05, 0.1) is 6.61 Å². The van der Waals surface area contributed by atoms with Crippen LogP contribution in [-0.2, 0) is 10.2 Å². The van der Waals surface area contributed by atoms with Gasteiger partial charge in [0.25, 0.3) is 0 Å². The molecule has 0 radical (unpaired) electrons. The zero-order valence-electron chi connectivity index (χ0n) is 9.57. The molecule has 1 aromatic rings. The Balaban J connectivity index is 2.89. The van der Waals surface area contributed by atoms with Gasteiger partial charge in [0.2, 0.25) is 0 Å². The van der Waals surface area contributed by atoms with E-state index in [0.29, 0.717) is 6.61 Å². The molecule has 1 atom stereocenters. The number of benzene rings is 1. The summed E-state index contributed by atoms with van der Waals surface area (Å²) in [5.74, 6) is 0. The van der Waals surface area contributed by atoms with E-state index in [1.54, 1.807) is 7.11 Å². The second-order valence-corrected chi connectivity index (χ2v) is 3.90. The molecule has 0 bridgehead atoms. The Morgan fingerprint density at radius 3 is 2.40 bits per heavy atom. The van der Waals surface area contributed by atoms with Crippen LogP contribution in [0.3, 0.4) is 0 Å². The van der Waals surface area contributed by atoms with Crippen molar-refractivity contribution in [3.63, 3.8) is 0 Å². The second kappa shape index (κ2) is 5.89. The van der Waals surface area contributed by atoms with Crippen molar-refractivity contribution in [1.29, 1.82) is 0 Å². The number of methoxy groups -OCH3 is 1. The highest BCUT2D eigenvalue weighted by atomic mass is 16.5. The third-order valence-corrected chi connectivity index (χ3v) is 3.15. The minimum atomic E-state index is -0.142. The maximum Gasteiger partial charge on any atom is 0.0528 e. The summed E-state index contributed by atoms with van der Waals surface area (Å²) in [5, 5.41) is 9.60. The fraction of sp³-hybridized carbons (Fsp3) is 0.538. The minimum absolute atomic E-state index is 0.142. The normalized spacial score (nSPS) is 14.9. The van der Waals surface area contributed by atoms with Gasteiger partial charge in [0.15, 0.2) is 0 Å². The third-order valence-electron chi connectivity index (χ3n) is 3.15. The van der Waals surface area contributed by atoms with Crippen molar-refractivity contribution in [3.05, 3.63) is 35.9 Å². The topological polar surface area (TPSA) is 29.5 Å². The molecule has 1 rings (SSSR count). The largest absolute Gasteiger partial charge is 0.395 e. The van der Waals surface area contributed by atoms with E-state index >= 15 is 0 Å². The van der Waals surface area contributed by atoms with E-state index in [4.69, 9.17) is 4.74 Å². The van der Waals surface area contributed by atoms with Crippen molar-refractivity contribution in [2.45, 2.75) is 25.2 Å². The molecule has 0 aliphatic rings. The van der Waals surface area contributed by atoms with Crippen molar-refractivity contribution in [2.24, 2.45) is 0 Å². The molecule has 2 nitrogen and oxygen atoms in total. The van der Waals surface area contributed by atoms with Gasteiger partial charge in [-0.05, 0) is 18.4 Å². The van der Waals surface area contributed by atoms with Crippen molar-refractivity contribution in [1.82, 2.24) is 0 Å². The fourth-order valence-corrected chi connectivity index (χ4v) is 1.90. The molecule has 0 amide bonds. The lowest BCUT2D eigenvalue weighted by Crippen LogP contribution is -2.31. The van der Waals surface area contributed by atoms with Gasteiger partial charge in [-0.3, -0.25) is 0 Å². The van der Waals surface area contributed by atoms with Crippen LogP contribution < -0.4 is 0 Å². The highest BCUT2D eigenvalue weighted by molar-refractivity contribution is 5.25. The molecular weight excluding hydrogens is 188 g/mol. The summed E-state index contributed by atoms with van der Waals surface area (Å²) in [6.07, 6.45) is 1.79. The quantitative estimate of drug-likeness (QED) is 0.777. The van der Waals surface area contributed by atoms with E-state index in [9.17, 15) is 5.11 Å². The van der Waals surface area contributed by atoms with Gasteiger partial charge in [-0.2, -0.15) is 0 Å². The van der Waals surface area contributed by atoms with Crippen molar-refractivity contribution >= 4 is 0 Å². The molecule has 1 unspecified atom stereocenters. The lowest BCUT2D eigenvalue weighted by atomic mass is 9.76. The Morgan fingerprint density at radius 2 is 1.93 bits per heavy atom. The maximum absolute atomic E-state index is 9.60. The first-order valence-electron chi connectivity index (χ1n) is 5.44. The molecule has 0 spiro atoms. The van der Waals surface area contributed by atoms with E-state index < -0.39 is 0 Å². The van der Waals surface area contributed by atoms with Crippen LogP contribution in [0.15, 0.2) is 30.3 Å². The van der Waals surface area contributed by atoms with Gasteiger partial charge in [0.1, 0.15) is 0 Å². The number of hydrogen-bond donors (Lipinski definition) is 1. The van der Waals surface area contributed by atoms with Gasteiger partial charge >= 0.3 is 0 Å². The van der Waals surface area contributed by atoms with Crippen LogP contribution in [0.1, 0.15) is 25.3 Å². The van der Waals surface area contributed by atoms with Crippen LogP contribution in [0, 0.1) is 0 Å². The first-order chi connectivity index (χ1) is 7.29. The van der Waals surface area contributed by atoms with Crippen LogP contribution in [0.2, 0.25) is 0 Å². The monoisotopic (exact) mass is 208 g/mol. The SMILES string of the molecule is CCC(CO)(CCOC)c1ccccc1. The fourth-order valence-electron chi connectivity index (χ4n) is 1.90. The third kappa shape index (κ3) is 2.80. The molecule has 2 heteroatoms. The Labute approximate surface area is 91.9 Å². The Bertz CT molecular complexity index is 265. The average Bonchev–Trinajstić information content (AvgIpc) is 2.33. The van der Waals surface area contributed by atoms with E-state index in [-0.39, 0.29) is 12.0 Å². The van der Waals surface area contributed by atoms with Crippen LogP contribution in [0.4, 0.5) is 0 Å². The van der Waals surface area contributed by atoms with Crippen molar-refractivity contribution < 1.29 is 9.84 Å². The molecule has 0 aliphatic carbocycles. The van der Waals surface area contributed by atoms with Crippen LogP contribution >= 0.6 is 0 Å². The highest BCUT2D eigenvalue weighted by Gasteiger charge is 2.28. The molecule has 15 heavy (non-hydrogen) atoms. The van der Waals surface area contributed by atoms with Crippen molar-refractivity contribution in [2.75, 3.05) is 20.3 Å². The zero-order chi connectivity index (χ0) is 11.1. The predicted molar refractivity (Wildman–Crippen MR) is 62.0 cm³/mol. The average molecular weight is 208 g/mol. The van der Waals surface area contributed by atoms with Crippen molar-refractivity contribution in [3.8, 4) is 0 Å². The Hall–Kier alpha value is -0.860. The first-order valence-corrected chi connectivity index (χ1v) is 5.44. The smallest absolute Gasteiger partial charge is 0.0528 e. The zero-order valence-corrected chi connectivity index (χ0v) is 9.57. The van der Waals surface area contributed by atoms with E-state index in [1.165, 1.54) is 5.56 Å². The number of ether oxygens (including phenoxy) is 1. The summed E-state index contributed by atoms with van der Waals surface area (Å²) in [5.41, 5.74) is 1.06. The standard InChI is InChI=1S/C13H20O2/c1-3-13(11-14,9-10-15-2)12-7-5-4-6-8-12/h4-8,14H,3,9-11H2,1-2H3. The first kappa shape index (κ1) is 12.2. The summed E-state index contributed by atoms with van der Waals surface area (Å²) >= 11 is 0. The summed E-state index contributed by atoms with van der Waals surface area (Å²) in [6, 6.07) is 10.2. The summed E-state index contributed by atoms with van der Waals surface area (Å²) < 4.78 is 5.11. The molecule has 84 valence electrons. The summed E-state index contributed by atoms with van der Waals surface area (Å²) in [6.45, 7) is 2.97. The summed E-state index contributed by atoms with van der Waals surface area (Å²) in [4.78, 5) is 0. The molecule has 0 aromatic heterocycles. The maximum atomic E-state index is 9.60. The predicted octanol–water partition coefficient (Wildman–Crippen LogP) is 2.36. The Kier molecular flexibility index (Phi) is 4.79. The lowest BCUT2D eigenvalue weighted by Gasteiger charge is -2.31. The minimum Gasteiger partial charge on any atom is -0.395 e. The van der Waals surface area contributed by atoms with Gasteiger partial charge < -0.3 is 9.84 Å². The van der Waals surface area contributed by atoms with Crippen LogP contribution in [0.25, 0.3) is 0 Å². The van der Waals surface area contributed by atoms with Gasteiger partial charge in [-0.25, -0.2) is 0 Å². The second-order valence-electron chi connectivity index (χ2n) is 3.90. The van der Waals surface area contributed by atoms with Gasteiger partial charge in [-0.15, -0.1) is 0 Å². The number of rotatable bonds is 6. The molecule has 1 N–H and O–H groups in total. The number of aliphatic hydroxyl groups excluding tert-OH is 1. The number of aliphatic hydroxyl groups is 1. The van der Waals surface area contributed by atoms with Gasteiger partial charge in [-0.1, -0.05) is 37.3 Å². The van der Waals surface area contributed by atoms with Gasteiger partial charge in [0, 0.05) is 19.1 Å². The molecule has 0 aliphatic heterocycles. The van der Waals surface area contributed by atoms with E-state index in [2.05, 4.69) is 19.1 Å². The van der Waals surface area contributed by atoms with Crippen LogP contribution in [-0.4, -0.2) is 25.4 Å². The number of hydrogen-bond acceptors (Lipinski definition) is 2. The molecular formula is C13H20O2. The molecule has 0 saturated carbocycles. The molecule has 0 saturated heterocycles. The van der Waals surface area contributed by atoms with E-state index in [0.717, 1.165) is 12.8 Å². The summed E-state index contributed by atoms with van der Waals surface area (Å²) in [7, 11) is 1.70. The molecule has 1 aromatic carbocycles.